The zero-order valence-electron chi connectivity index (χ0n) is 13.3. The molecule has 5 nitrogen and oxygen atoms in total. The number of rotatable bonds is 9. The minimum Gasteiger partial charge on any atom is -0.326 e. The lowest BCUT2D eigenvalue weighted by Gasteiger charge is -2.11. The maximum absolute atomic E-state index is 12.9. The Bertz CT molecular complexity index is 612. The molecule has 10 heteroatoms. The third-order valence-corrected chi connectivity index (χ3v) is 4.21. The number of nitrogens with zero attached hydrogens (tertiary/aromatic N) is 1. The van der Waals surface area contributed by atoms with Crippen molar-refractivity contribution in [1.82, 2.24) is 0 Å². The summed E-state index contributed by atoms with van der Waals surface area (Å²) in [6.07, 6.45) is -1.69. The molecule has 0 heterocycles. The number of halogens is 3. The fourth-order valence-electron chi connectivity index (χ4n) is 2.18. The molecule has 1 N–H and O–H groups in total. The predicted molar refractivity (Wildman–Crippen MR) is 96.4 cm³/mol. The van der Waals surface area contributed by atoms with Crippen molar-refractivity contribution in [1.29, 1.82) is 0 Å². The molecule has 1 aromatic rings. The second-order valence-corrected chi connectivity index (χ2v) is 6.62. The Hall–Kier alpha value is -1.42. The lowest BCUT2D eigenvalue weighted by atomic mass is 10.1. The Kier molecular flexibility index (Phi) is 8.57. The Balaban J connectivity index is 2.62. The first-order chi connectivity index (χ1) is 11.6. The number of nitrogens with one attached hydrogen (secondary N) is 1. The van der Waals surface area contributed by atoms with Gasteiger partial charge in [-0.1, -0.05) is 6.42 Å². The van der Waals surface area contributed by atoms with Gasteiger partial charge in [0.2, 0.25) is 5.91 Å². The average Bonchev–Trinajstić information content (AvgIpc) is 2.50. The number of alkyl halides is 3. The molecular weight excluding hydrogens is 377 g/mol. The molecular formula is C15H19F3N2O3S2. The number of hydrogen-bond acceptors (Lipinski definition) is 5. The van der Waals surface area contributed by atoms with Crippen LogP contribution in [-0.2, 0) is 11.0 Å². The molecule has 0 bridgehead atoms. The highest BCUT2D eigenvalue weighted by Crippen LogP contribution is 2.37. The maximum atomic E-state index is 12.9. The quantitative estimate of drug-likeness (QED) is 0.245. The van der Waals surface area contributed by atoms with E-state index in [9.17, 15) is 28.1 Å². The molecule has 1 amide bonds. The average molecular weight is 396 g/mol. The fourth-order valence-corrected chi connectivity index (χ4v) is 3.01. The van der Waals surface area contributed by atoms with E-state index in [-0.39, 0.29) is 17.4 Å². The number of hydrogen-bond donors (Lipinski definition) is 3. The summed E-state index contributed by atoms with van der Waals surface area (Å²) < 4.78 is 38.6. The number of amides is 1. The second kappa shape index (κ2) is 9.91. The first-order valence-electron chi connectivity index (χ1n) is 7.59. The maximum Gasteiger partial charge on any atom is 0.423 e. The van der Waals surface area contributed by atoms with Gasteiger partial charge in [0.15, 0.2) is 0 Å². The van der Waals surface area contributed by atoms with E-state index in [2.05, 4.69) is 30.6 Å². The van der Waals surface area contributed by atoms with Gasteiger partial charge < -0.3 is 5.32 Å². The number of unbranched alkanes of at least 4 members (excludes halogenated alkanes) is 1. The summed E-state index contributed by atoms with van der Waals surface area (Å²) in [5, 5.41) is 13.2. The molecule has 0 saturated heterocycles. The van der Waals surface area contributed by atoms with Crippen LogP contribution in [0.1, 0.15) is 37.7 Å². The highest BCUT2D eigenvalue weighted by Gasteiger charge is 2.38. The van der Waals surface area contributed by atoms with Gasteiger partial charge in [-0.2, -0.15) is 38.4 Å². The number of carbonyl (C=O) groups is 1. The van der Waals surface area contributed by atoms with Gasteiger partial charge in [0.1, 0.15) is 5.56 Å². The highest BCUT2D eigenvalue weighted by molar-refractivity contribution is 7.81. The van der Waals surface area contributed by atoms with E-state index in [1.165, 1.54) is 0 Å². The molecule has 0 aromatic heterocycles. The third kappa shape index (κ3) is 7.55. The van der Waals surface area contributed by atoms with Crippen molar-refractivity contribution in [3.05, 3.63) is 33.9 Å². The van der Waals surface area contributed by atoms with E-state index in [0.29, 0.717) is 12.5 Å². The minimum atomic E-state index is -4.88. The van der Waals surface area contributed by atoms with Gasteiger partial charge in [0, 0.05) is 23.4 Å². The van der Waals surface area contributed by atoms with Crippen LogP contribution in [0.15, 0.2) is 18.2 Å². The number of benzene rings is 1. The van der Waals surface area contributed by atoms with Crippen LogP contribution in [0, 0.1) is 10.1 Å². The van der Waals surface area contributed by atoms with Gasteiger partial charge in [-0.3, -0.25) is 14.9 Å². The van der Waals surface area contributed by atoms with Gasteiger partial charge in [-0.15, -0.1) is 0 Å². The molecule has 0 fully saturated rings. The van der Waals surface area contributed by atoms with Crippen molar-refractivity contribution >= 4 is 42.5 Å². The van der Waals surface area contributed by atoms with Crippen molar-refractivity contribution in [3.8, 4) is 0 Å². The van der Waals surface area contributed by atoms with Crippen LogP contribution in [-0.4, -0.2) is 21.8 Å². The largest absolute Gasteiger partial charge is 0.423 e. The van der Waals surface area contributed by atoms with E-state index in [1.807, 2.05) is 0 Å². The van der Waals surface area contributed by atoms with E-state index >= 15 is 0 Å². The first-order valence-corrected chi connectivity index (χ1v) is 8.74. The van der Waals surface area contributed by atoms with Crippen LogP contribution >= 0.6 is 25.3 Å². The highest BCUT2D eigenvalue weighted by atomic mass is 32.1. The van der Waals surface area contributed by atoms with Crippen LogP contribution in [0.3, 0.4) is 0 Å². The number of thiol groups is 2. The molecule has 25 heavy (non-hydrogen) atoms. The lowest BCUT2D eigenvalue weighted by molar-refractivity contribution is -0.388. The SMILES string of the molecule is O=C(CCCCC(S)CCS)Nc1ccc([N+](=O)[O-])c(C(F)(F)F)c1. The van der Waals surface area contributed by atoms with Crippen LogP contribution in [0.5, 0.6) is 0 Å². The van der Waals surface area contributed by atoms with E-state index in [4.69, 9.17) is 0 Å². The van der Waals surface area contributed by atoms with Gasteiger partial charge in [0.25, 0.3) is 5.69 Å². The molecule has 1 atom stereocenters. The van der Waals surface area contributed by atoms with Crippen LogP contribution < -0.4 is 5.32 Å². The summed E-state index contributed by atoms with van der Waals surface area (Å²) in [5.74, 6) is 0.294. The Morgan fingerprint density at radius 3 is 2.52 bits per heavy atom. The standard InChI is InChI=1S/C15H19F3N2O3S2/c16-15(17,18)12-9-10(5-6-13(12)20(22)23)19-14(21)4-2-1-3-11(25)7-8-24/h5-6,9,11,24-25H,1-4,7-8H2,(H,19,21). The van der Waals surface area contributed by atoms with Crippen molar-refractivity contribution in [2.24, 2.45) is 0 Å². The van der Waals surface area contributed by atoms with Crippen molar-refractivity contribution in [2.45, 2.75) is 43.5 Å². The Morgan fingerprint density at radius 2 is 1.96 bits per heavy atom. The fraction of sp³-hybridized carbons (Fsp3) is 0.533. The molecule has 1 rings (SSSR count). The molecule has 0 aliphatic carbocycles. The van der Waals surface area contributed by atoms with Crippen LogP contribution in [0.2, 0.25) is 0 Å². The summed E-state index contributed by atoms with van der Waals surface area (Å²) in [6, 6.07) is 2.40. The zero-order valence-corrected chi connectivity index (χ0v) is 15.0. The molecule has 0 aliphatic heterocycles. The summed E-state index contributed by atoms with van der Waals surface area (Å²) in [4.78, 5) is 21.4. The Labute approximate surface area is 154 Å². The third-order valence-electron chi connectivity index (χ3n) is 3.44. The second-order valence-electron chi connectivity index (χ2n) is 5.45. The molecule has 0 saturated carbocycles. The predicted octanol–water partition coefficient (Wildman–Crippen LogP) is 4.73. The molecule has 1 unspecified atom stereocenters. The van der Waals surface area contributed by atoms with E-state index < -0.39 is 28.3 Å². The summed E-state index contributed by atoms with van der Waals surface area (Å²) in [6.45, 7) is 0. The van der Waals surface area contributed by atoms with Gasteiger partial charge in [0.05, 0.1) is 4.92 Å². The number of anilines is 1. The van der Waals surface area contributed by atoms with Gasteiger partial charge in [-0.25, -0.2) is 0 Å². The molecule has 1 aromatic carbocycles. The topological polar surface area (TPSA) is 72.2 Å². The first kappa shape index (κ1) is 21.6. The minimum absolute atomic E-state index is 0.120. The molecule has 0 spiro atoms. The lowest BCUT2D eigenvalue weighted by Crippen LogP contribution is -2.14. The molecule has 0 aliphatic rings. The van der Waals surface area contributed by atoms with Crippen molar-refractivity contribution < 1.29 is 22.9 Å². The zero-order chi connectivity index (χ0) is 19.0. The summed E-state index contributed by atoms with van der Waals surface area (Å²) >= 11 is 8.47. The van der Waals surface area contributed by atoms with Gasteiger partial charge in [-0.05, 0) is 37.1 Å². The van der Waals surface area contributed by atoms with Gasteiger partial charge >= 0.3 is 6.18 Å². The summed E-state index contributed by atoms with van der Waals surface area (Å²) in [5.41, 5.74) is -2.56. The molecule has 0 radical (unpaired) electrons. The number of nitro benzene ring substituents is 1. The monoisotopic (exact) mass is 396 g/mol. The molecule has 140 valence electrons. The number of carbonyl (C=O) groups excluding carboxylic acids is 1. The van der Waals surface area contributed by atoms with Crippen molar-refractivity contribution in [2.75, 3.05) is 11.1 Å². The number of nitro groups is 1. The summed E-state index contributed by atoms with van der Waals surface area (Å²) in [7, 11) is 0. The van der Waals surface area contributed by atoms with E-state index in [0.717, 1.165) is 37.1 Å². The van der Waals surface area contributed by atoms with Crippen molar-refractivity contribution in [3.63, 3.8) is 0 Å². The van der Waals surface area contributed by atoms with E-state index in [1.54, 1.807) is 0 Å². The van der Waals surface area contributed by atoms with Crippen LogP contribution in [0.4, 0.5) is 24.5 Å². The van der Waals surface area contributed by atoms with Crippen LogP contribution in [0.25, 0.3) is 0 Å². The Morgan fingerprint density at radius 1 is 1.28 bits per heavy atom. The smallest absolute Gasteiger partial charge is 0.326 e. The normalized spacial score (nSPS) is 12.7.